The molecule has 0 radical (unpaired) electrons. The van der Waals surface area contributed by atoms with Gasteiger partial charge in [0.2, 0.25) is 0 Å². The van der Waals surface area contributed by atoms with Crippen molar-refractivity contribution in [2.24, 2.45) is 11.8 Å². The third-order valence-corrected chi connectivity index (χ3v) is 6.36. The Morgan fingerprint density at radius 2 is 1.47 bits per heavy atom. The summed E-state index contributed by atoms with van der Waals surface area (Å²) < 4.78 is 42.2. The van der Waals surface area contributed by atoms with Gasteiger partial charge in [0.1, 0.15) is 17.5 Å². The number of aliphatic hydroxyl groups excluding tert-OH is 1. The van der Waals surface area contributed by atoms with Crippen LogP contribution < -0.4 is 0 Å². The Bertz CT molecular complexity index is 985. The van der Waals surface area contributed by atoms with E-state index < -0.39 is 17.5 Å². The SMILES string of the molecule is OC[C@@H](c1ccccc1)N(Cc1ccccc1)C[C@H](Cc1c(F)cc(F)cc1F)C1CC1. The minimum atomic E-state index is -0.901. The second-order valence-electron chi connectivity index (χ2n) is 8.67. The maximum atomic E-state index is 14.4. The molecule has 4 rings (SSSR count). The molecule has 0 saturated heterocycles. The van der Waals surface area contributed by atoms with Gasteiger partial charge < -0.3 is 5.11 Å². The number of rotatable bonds is 10. The summed E-state index contributed by atoms with van der Waals surface area (Å²) in [5, 5.41) is 10.3. The number of nitrogens with zero attached hydrogens (tertiary/aromatic N) is 1. The molecule has 2 atom stereocenters. The van der Waals surface area contributed by atoms with E-state index >= 15 is 0 Å². The topological polar surface area (TPSA) is 23.5 Å². The number of hydrogen-bond acceptors (Lipinski definition) is 2. The second-order valence-corrected chi connectivity index (χ2v) is 8.67. The predicted octanol–water partition coefficient (Wildman–Crippen LogP) is 5.91. The lowest BCUT2D eigenvalue weighted by Gasteiger charge is -2.34. The summed E-state index contributed by atoms with van der Waals surface area (Å²) in [5.41, 5.74) is 2.05. The van der Waals surface area contributed by atoms with Crippen molar-refractivity contribution in [2.75, 3.05) is 13.2 Å². The molecular formula is C27H28F3NO. The molecule has 0 unspecified atom stereocenters. The van der Waals surface area contributed by atoms with Gasteiger partial charge in [-0.15, -0.1) is 0 Å². The largest absolute Gasteiger partial charge is 0.394 e. The van der Waals surface area contributed by atoms with E-state index in [9.17, 15) is 18.3 Å². The first-order valence-electron chi connectivity index (χ1n) is 11.1. The van der Waals surface area contributed by atoms with Crippen molar-refractivity contribution in [1.82, 2.24) is 4.90 Å². The minimum Gasteiger partial charge on any atom is -0.394 e. The average Bonchev–Trinajstić information content (AvgIpc) is 3.62. The van der Waals surface area contributed by atoms with Gasteiger partial charge in [0.25, 0.3) is 0 Å². The smallest absolute Gasteiger partial charge is 0.132 e. The molecule has 0 bridgehead atoms. The van der Waals surface area contributed by atoms with Gasteiger partial charge >= 0.3 is 0 Å². The van der Waals surface area contributed by atoms with E-state index in [1.165, 1.54) is 0 Å². The first-order valence-corrected chi connectivity index (χ1v) is 11.1. The molecule has 0 spiro atoms. The van der Waals surface area contributed by atoms with Crippen LogP contribution in [0.3, 0.4) is 0 Å². The van der Waals surface area contributed by atoms with Gasteiger partial charge in [-0.05, 0) is 42.2 Å². The van der Waals surface area contributed by atoms with Crippen molar-refractivity contribution in [3.8, 4) is 0 Å². The fraction of sp³-hybridized carbons (Fsp3) is 0.333. The van der Waals surface area contributed by atoms with Crippen LogP contribution in [0.5, 0.6) is 0 Å². The number of hydrogen-bond donors (Lipinski definition) is 1. The Hall–Kier alpha value is -2.63. The maximum Gasteiger partial charge on any atom is 0.132 e. The molecule has 1 aliphatic rings. The van der Waals surface area contributed by atoms with Crippen molar-refractivity contribution in [3.05, 3.63) is 107 Å². The third-order valence-electron chi connectivity index (χ3n) is 6.36. The maximum absolute atomic E-state index is 14.4. The fourth-order valence-electron chi connectivity index (χ4n) is 4.51. The molecule has 5 heteroatoms. The van der Waals surface area contributed by atoms with E-state index in [1.54, 1.807) is 0 Å². The van der Waals surface area contributed by atoms with Crippen LogP contribution in [0, 0.1) is 29.3 Å². The summed E-state index contributed by atoms with van der Waals surface area (Å²) >= 11 is 0. The highest BCUT2D eigenvalue weighted by atomic mass is 19.1. The summed E-state index contributed by atoms with van der Waals surface area (Å²) in [5.74, 6) is -2.19. The highest BCUT2D eigenvalue weighted by molar-refractivity contribution is 5.23. The molecule has 2 nitrogen and oxygen atoms in total. The average molecular weight is 440 g/mol. The van der Waals surface area contributed by atoms with Crippen molar-refractivity contribution in [2.45, 2.75) is 31.8 Å². The van der Waals surface area contributed by atoms with Gasteiger partial charge in [-0.25, -0.2) is 13.2 Å². The van der Waals surface area contributed by atoms with E-state index in [1.807, 2.05) is 60.7 Å². The van der Waals surface area contributed by atoms with Crippen molar-refractivity contribution >= 4 is 0 Å². The lowest BCUT2D eigenvalue weighted by molar-refractivity contribution is 0.0947. The molecule has 0 heterocycles. The van der Waals surface area contributed by atoms with Gasteiger partial charge in [-0.2, -0.15) is 0 Å². The van der Waals surface area contributed by atoms with Crippen molar-refractivity contribution in [1.29, 1.82) is 0 Å². The fourth-order valence-corrected chi connectivity index (χ4v) is 4.51. The molecule has 168 valence electrons. The summed E-state index contributed by atoms with van der Waals surface area (Å²) in [6.45, 7) is 1.13. The van der Waals surface area contributed by atoms with Gasteiger partial charge in [-0.1, -0.05) is 60.7 Å². The number of halogens is 3. The summed E-state index contributed by atoms with van der Waals surface area (Å²) in [6.07, 6.45) is 2.24. The minimum absolute atomic E-state index is 0.00550. The Balaban J connectivity index is 1.62. The highest BCUT2D eigenvalue weighted by Gasteiger charge is 2.35. The lowest BCUT2D eigenvalue weighted by atomic mass is 9.92. The normalized spacial score (nSPS) is 15.7. The monoisotopic (exact) mass is 439 g/mol. The predicted molar refractivity (Wildman–Crippen MR) is 119 cm³/mol. The van der Waals surface area contributed by atoms with Crippen LogP contribution in [0.15, 0.2) is 72.8 Å². The zero-order valence-electron chi connectivity index (χ0n) is 17.9. The van der Waals surface area contributed by atoms with Gasteiger partial charge in [0.05, 0.1) is 12.6 Å². The first-order chi connectivity index (χ1) is 15.5. The molecule has 0 aliphatic heterocycles. The Kier molecular flexibility index (Phi) is 7.28. The van der Waals surface area contributed by atoms with Crippen LogP contribution in [-0.4, -0.2) is 23.2 Å². The molecule has 1 aliphatic carbocycles. The van der Waals surface area contributed by atoms with Crippen LogP contribution in [-0.2, 0) is 13.0 Å². The molecule has 1 N–H and O–H groups in total. The molecule has 3 aromatic rings. The molecule has 32 heavy (non-hydrogen) atoms. The molecule has 0 aromatic heterocycles. The van der Waals surface area contributed by atoms with Crippen LogP contribution in [0.2, 0.25) is 0 Å². The Morgan fingerprint density at radius 3 is 2.03 bits per heavy atom. The molecule has 3 aromatic carbocycles. The Morgan fingerprint density at radius 1 is 0.875 bits per heavy atom. The van der Waals surface area contributed by atoms with E-state index in [-0.39, 0.29) is 30.6 Å². The lowest BCUT2D eigenvalue weighted by Crippen LogP contribution is -2.36. The van der Waals surface area contributed by atoms with Crippen LogP contribution in [0.4, 0.5) is 13.2 Å². The Labute approximate surface area is 187 Å². The summed E-state index contributed by atoms with van der Waals surface area (Å²) in [7, 11) is 0. The molecule has 1 saturated carbocycles. The highest BCUT2D eigenvalue weighted by Crippen LogP contribution is 2.41. The first kappa shape index (κ1) is 22.6. The van der Waals surface area contributed by atoms with Crippen LogP contribution in [0.1, 0.15) is 35.6 Å². The van der Waals surface area contributed by atoms with Gasteiger partial charge in [0.15, 0.2) is 0 Å². The van der Waals surface area contributed by atoms with Crippen LogP contribution in [0.25, 0.3) is 0 Å². The third kappa shape index (κ3) is 5.59. The second kappa shape index (κ2) is 10.3. The number of benzene rings is 3. The molecule has 0 amide bonds. The summed E-state index contributed by atoms with van der Waals surface area (Å²) in [4.78, 5) is 2.20. The zero-order chi connectivity index (χ0) is 22.5. The van der Waals surface area contributed by atoms with E-state index in [4.69, 9.17) is 0 Å². The summed E-state index contributed by atoms with van der Waals surface area (Å²) in [6, 6.07) is 21.1. The van der Waals surface area contributed by atoms with Crippen molar-refractivity contribution in [3.63, 3.8) is 0 Å². The van der Waals surface area contributed by atoms with Gasteiger partial charge in [-0.3, -0.25) is 4.90 Å². The quantitative estimate of drug-likeness (QED) is 0.425. The van der Waals surface area contributed by atoms with E-state index in [0.29, 0.717) is 19.0 Å². The van der Waals surface area contributed by atoms with Crippen molar-refractivity contribution < 1.29 is 18.3 Å². The van der Waals surface area contributed by atoms with Crippen LogP contribution >= 0.6 is 0 Å². The molecular weight excluding hydrogens is 411 g/mol. The molecule has 1 fully saturated rings. The van der Waals surface area contributed by atoms with Gasteiger partial charge in [0, 0.05) is 30.8 Å². The van der Waals surface area contributed by atoms with E-state index in [0.717, 1.165) is 36.1 Å². The number of aliphatic hydroxyl groups is 1. The zero-order valence-corrected chi connectivity index (χ0v) is 17.9. The van der Waals surface area contributed by atoms with E-state index in [2.05, 4.69) is 4.90 Å². The standard InChI is InChI=1S/C27H28F3NO/c28-23-14-25(29)24(26(30)15-23)13-22(20-11-12-20)17-31(16-19-7-3-1-4-8-19)27(18-32)21-9-5-2-6-10-21/h1-10,14-15,20,22,27,32H,11-13,16-18H2/t22-,27-/m0/s1.